The summed E-state index contributed by atoms with van der Waals surface area (Å²) >= 11 is 0. The SMILES string of the molecule is Cc1ccc(NC(=O)CN(C)CC2CCCO2)c(N)c1. The normalized spacial score (nSPS) is 18.4. The lowest BCUT2D eigenvalue weighted by Gasteiger charge is -2.20. The predicted molar refractivity (Wildman–Crippen MR) is 80.7 cm³/mol. The van der Waals surface area contributed by atoms with Crippen LogP contribution in [0, 0.1) is 6.92 Å². The highest BCUT2D eigenvalue weighted by Gasteiger charge is 2.18. The molecule has 20 heavy (non-hydrogen) atoms. The van der Waals surface area contributed by atoms with Crippen LogP contribution in [0.2, 0.25) is 0 Å². The third-order valence-electron chi connectivity index (χ3n) is 3.43. The Bertz CT molecular complexity index is 470. The summed E-state index contributed by atoms with van der Waals surface area (Å²) in [6, 6.07) is 5.62. The number of aryl methyl sites for hydroxylation is 1. The van der Waals surface area contributed by atoms with Crippen molar-refractivity contribution in [1.82, 2.24) is 4.90 Å². The van der Waals surface area contributed by atoms with E-state index in [4.69, 9.17) is 10.5 Å². The van der Waals surface area contributed by atoms with Crippen molar-refractivity contribution in [3.05, 3.63) is 23.8 Å². The minimum absolute atomic E-state index is 0.0546. The third-order valence-corrected chi connectivity index (χ3v) is 3.43. The number of amides is 1. The molecular weight excluding hydrogens is 254 g/mol. The van der Waals surface area contributed by atoms with E-state index in [0.29, 0.717) is 17.9 Å². The van der Waals surface area contributed by atoms with Gasteiger partial charge in [-0.3, -0.25) is 9.69 Å². The summed E-state index contributed by atoms with van der Waals surface area (Å²) in [7, 11) is 1.93. The number of carbonyl (C=O) groups excluding carboxylic acids is 1. The summed E-state index contributed by atoms with van der Waals surface area (Å²) in [6.07, 6.45) is 2.46. The van der Waals surface area contributed by atoms with E-state index in [-0.39, 0.29) is 12.0 Å². The van der Waals surface area contributed by atoms with E-state index in [9.17, 15) is 4.79 Å². The quantitative estimate of drug-likeness (QED) is 0.803. The Hall–Kier alpha value is -1.59. The molecule has 1 fully saturated rings. The molecule has 0 aromatic heterocycles. The van der Waals surface area contributed by atoms with Crippen molar-refractivity contribution in [2.45, 2.75) is 25.9 Å². The van der Waals surface area contributed by atoms with Gasteiger partial charge in [0.1, 0.15) is 0 Å². The Labute approximate surface area is 120 Å². The molecule has 1 heterocycles. The third kappa shape index (κ3) is 4.21. The number of benzene rings is 1. The van der Waals surface area contributed by atoms with Crippen LogP contribution in [-0.4, -0.2) is 43.7 Å². The van der Waals surface area contributed by atoms with E-state index in [1.807, 2.05) is 37.1 Å². The fraction of sp³-hybridized carbons (Fsp3) is 0.533. The number of hydrogen-bond donors (Lipinski definition) is 2. The standard InChI is InChI=1S/C15H23N3O2/c1-11-5-6-14(13(16)8-11)17-15(19)10-18(2)9-12-4-3-7-20-12/h5-6,8,12H,3-4,7,9-10,16H2,1-2H3,(H,17,19). The van der Waals surface area contributed by atoms with Gasteiger partial charge in [-0.1, -0.05) is 6.07 Å². The van der Waals surface area contributed by atoms with E-state index in [1.165, 1.54) is 0 Å². The second kappa shape index (κ2) is 6.72. The maximum atomic E-state index is 12.0. The van der Waals surface area contributed by atoms with E-state index in [1.54, 1.807) is 0 Å². The first kappa shape index (κ1) is 14.8. The molecule has 0 spiro atoms. The largest absolute Gasteiger partial charge is 0.397 e. The molecule has 1 atom stereocenters. The summed E-state index contributed by atoms with van der Waals surface area (Å²) in [5.74, 6) is -0.0546. The summed E-state index contributed by atoms with van der Waals surface area (Å²) in [5.41, 5.74) is 8.23. The smallest absolute Gasteiger partial charge is 0.238 e. The van der Waals surface area contributed by atoms with Crippen molar-refractivity contribution < 1.29 is 9.53 Å². The Morgan fingerprint density at radius 2 is 2.35 bits per heavy atom. The summed E-state index contributed by atoms with van der Waals surface area (Å²) < 4.78 is 5.56. The van der Waals surface area contributed by atoms with Crippen molar-refractivity contribution in [1.29, 1.82) is 0 Å². The van der Waals surface area contributed by atoms with Gasteiger partial charge in [0.05, 0.1) is 24.0 Å². The number of rotatable bonds is 5. The average molecular weight is 277 g/mol. The zero-order chi connectivity index (χ0) is 14.5. The van der Waals surface area contributed by atoms with Crippen LogP contribution in [-0.2, 0) is 9.53 Å². The maximum Gasteiger partial charge on any atom is 0.238 e. The highest BCUT2D eigenvalue weighted by molar-refractivity contribution is 5.95. The summed E-state index contributed by atoms with van der Waals surface area (Å²) in [5, 5.41) is 2.85. The molecule has 1 aromatic carbocycles. The second-order valence-corrected chi connectivity index (χ2v) is 5.47. The maximum absolute atomic E-state index is 12.0. The van der Waals surface area contributed by atoms with Crippen LogP contribution in [0.25, 0.3) is 0 Å². The van der Waals surface area contributed by atoms with Gasteiger partial charge in [0.15, 0.2) is 0 Å². The molecule has 1 aliphatic rings. The molecular formula is C15H23N3O2. The van der Waals surface area contributed by atoms with Crippen LogP contribution in [0.4, 0.5) is 11.4 Å². The van der Waals surface area contributed by atoms with Gasteiger partial charge in [0, 0.05) is 13.2 Å². The molecule has 5 heteroatoms. The van der Waals surface area contributed by atoms with Gasteiger partial charge in [0.2, 0.25) is 5.91 Å². The van der Waals surface area contributed by atoms with E-state index < -0.39 is 0 Å². The monoisotopic (exact) mass is 277 g/mol. The van der Waals surface area contributed by atoms with Crippen molar-refractivity contribution in [3.8, 4) is 0 Å². The first-order valence-electron chi connectivity index (χ1n) is 7.00. The first-order valence-corrected chi connectivity index (χ1v) is 7.00. The fourth-order valence-corrected chi connectivity index (χ4v) is 2.43. The Morgan fingerprint density at radius 3 is 3.00 bits per heavy atom. The molecule has 5 nitrogen and oxygen atoms in total. The Morgan fingerprint density at radius 1 is 1.55 bits per heavy atom. The van der Waals surface area contributed by atoms with Gasteiger partial charge in [-0.25, -0.2) is 0 Å². The van der Waals surface area contributed by atoms with E-state index in [0.717, 1.165) is 31.6 Å². The predicted octanol–water partition coefficient (Wildman–Crippen LogP) is 1.63. The van der Waals surface area contributed by atoms with Gasteiger partial charge in [-0.15, -0.1) is 0 Å². The number of hydrogen-bond acceptors (Lipinski definition) is 4. The number of nitrogen functional groups attached to an aromatic ring is 1. The molecule has 0 bridgehead atoms. The topological polar surface area (TPSA) is 67.6 Å². The number of ether oxygens (including phenoxy) is 1. The lowest BCUT2D eigenvalue weighted by molar-refractivity contribution is -0.117. The molecule has 1 amide bonds. The molecule has 1 aromatic rings. The number of nitrogens with two attached hydrogens (primary N) is 1. The van der Waals surface area contributed by atoms with E-state index >= 15 is 0 Å². The number of likely N-dealkylation sites (N-methyl/N-ethyl adjacent to an activating group) is 1. The number of anilines is 2. The van der Waals surface area contributed by atoms with Crippen molar-refractivity contribution in [2.24, 2.45) is 0 Å². The molecule has 3 N–H and O–H groups in total. The van der Waals surface area contributed by atoms with Crippen molar-refractivity contribution >= 4 is 17.3 Å². The van der Waals surface area contributed by atoms with Crippen LogP contribution in [0.3, 0.4) is 0 Å². The van der Waals surface area contributed by atoms with Gasteiger partial charge >= 0.3 is 0 Å². The lowest BCUT2D eigenvalue weighted by atomic mass is 10.2. The Kier molecular flexibility index (Phi) is 4.98. The number of nitrogens with zero attached hydrogens (tertiary/aromatic N) is 1. The minimum atomic E-state index is -0.0546. The van der Waals surface area contributed by atoms with Gasteiger partial charge < -0.3 is 15.8 Å². The highest BCUT2D eigenvalue weighted by atomic mass is 16.5. The number of carbonyl (C=O) groups is 1. The molecule has 1 aliphatic heterocycles. The van der Waals surface area contributed by atoms with Gasteiger partial charge in [-0.05, 0) is 44.5 Å². The van der Waals surface area contributed by atoms with Crippen LogP contribution in [0.15, 0.2) is 18.2 Å². The van der Waals surface area contributed by atoms with Crippen molar-refractivity contribution in [3.63, 3.8) is 0 Å². The molecule has 0 aliphatic carbocycles. The molecule has 1 saturated heterocycles. The molecule has 0 radical (unpaired) electrons. The number of nitrogens with one attached hydrogen (secondary N) is 1. The highest BCUT2D eigenvalue weighted by Crippen LogP contribution is 2.19. The van der Waals surface area contributed by atoms with Gasteiger partial charge in [-0.2, -0.15) is 0 Å². The molecule has 0 saturated carbocycles. The average Bonchev–Trinajstić information content (AvgIpc) is 2.85. The van der Waals surface area contributed by atoms with Crippen LogP contribution < -0.4 is 11.1 Å². The van der Waals surface area contributed by atoms with Crippen LogP contribution >= 0.6 is 0 Å². The zero-order valence-electron chi connectivity index (χ0n) is 12.2. The summed E-state index contributed by atoms with van der Waals surface area (Å²) in [6.45, 7) is 3.94. The molecule has 2 rings (SSSR count). The van der Waals surface area contributed by atoms with Crippen LogP contribution in [0.5, 0.6) is 0 Å². The minimum Gasteiger partial charge on any atom is -0.397 e. The zero-order valence-corrected chi connectivity index (χ0v) is 12.2. The first-order chi connectivity index (χ1) is 9.54. The van der Waals surface area contributed by atoms with E-state index in [2.05, 4.69) is 5.32 Å². The Balaban J connectivity index is 1.82. The van der Waals surface area contributed by atoms with Crippen molar-refractivity contribution in [2.75, 3.05) is 37.8 Å². The van der Waals surface area contributed by atoms with Gasteiger partial charge in [0.25, 0.3) is 0 Å². The van der Waals surface area contributed by atoms with Crippen LogP contribution in [0.1, 0.15) is 18.4 Å². The lowest BCUT2D eigenvalue weighted by Crippen LogP contribution is -2.35. The molecule has 110 valence electrons. The fourth-order valence-electron chi connectivity index (χ4n) is 2.43. The summed E-state index contributed by atoms with van der Waals surface area (Å²) in [4.78, 5) is 14.0. The molecule has 1 unspecified atom stereocenters. The second-order valence-electron chi connectivity index (χ2n) is 5.47.